The molecule has 1 aliphatic carbocycles. The van der Waals surface area contributed by atoms with Crippen molar-refractivity contribution in [2.75, 3.05) is 6.26 Å². The van der Waals surface area contributed by atoms with Gasteiger partial charge in [-0.2, -0.15) is 5.26 Å². The van der Waals surface area contributed by atoms with E-state index in [-0.39, 0.29) is 11.9 Å². The molecule has 0 radical (unpaired) electrons. The van der Waals surface area contributed by atoms with Gasteiger partial charge in [-0.05, 0) is 49.8 Å². The highest BCUT2D eigenvalue weighted by Crippen LogP contribution is 2.40. The first-order chi connectivity index (χ1) is 12.0. The maximum Gasteiger partial charge on any atom is 0.253 e. The van der Waals surface area contributed by atoms with Crippen molar-refractivity contribution in [1.82, 2.24) is 10.3 Å². The van der Waals surface area contributed by atoms with E-state index in [1.54, 1.807) is 6.07 Å². The molecule has 25 heavy (non-hydrogen) atoms. The number of aromatic nitrogens is 1. The summed E-state index contributed by atoms with van der Waals surface area (Å²) in [4.78, 5) is 17.4. The Morgan fingerprint density at radius 3 is 2.64 bits per heavy atom. The number of halogens is 1. The van der Waals surface area contributed by atoms with E-state index in [1.807, 2.05) is 37.4 Å². The highest BCUT2D eigenvalue weighted by molar-refractivity contribution is 9.10. The van der Waals surface area contributed by atoms with Crippen LogP contribution in [0.25, 0.3) is 0 Å². The second-order valence-corrected chi connectivity index (χ2v) is 7.82. The molecule has 6 heteroatoms. The Balaban J connectivity index is 1.89. The molecular weight excluding hydrogens is 398 g/mol. The van der Waals surface area contributed by atoms with Crippen LogP contribution in [0.1, 0.15) is 58.9 Å². The molecule has 1 aliphatic rings. The van der Waals surface area contributed by atoms with Crippen molar-refractivity contribution in [3.05, 3.63) is 57.2 Å². The lowest BCUT2D eigenvalue weighted by Gasteiger charge is -2.16. The maximum atomic E-state index is 12.8. The molecule has 1 heterocycles. The molecule has 1 amide bonds. The molecule has 0 aliphatic heterocycles. The number of rotatable bonds is 5. The van der Waals surface area contributed by atoms with Gasteiger partial charge in [-0.1, -0.05) is 28.1 Å². The molecule has 4 nitrogen and oxygen atoms in total. The number of pyridine rings is 1. The molecule has 2 aromatic rings. The number of nitrogens with one attached hydrogen (secondary N) is 1. The van der Waals surface area contributed by atoms with Gasteiger partial charge in [0.15, 0.2) is 0 Å². The van der Waals surface area contributed by atoms with Gasteiger partial charge >= 0.3 is 0 Å². The number of benzene rings is 1. The minimum Gasteiger partial charge on any atom is -0.345 e. The second-order valence-electron chi connectivity index (χ2n) is 6.11. The van der Waals surface area contributed by atoms with Gasteiger partial charge in [0.25, 0.3) is 5.91 Å². The topological polar surface area (TPSA) is 65.8 Å². The van der Waals surface area contributed by atoms with E-state index in [2.05, 4.69) is 32.3 Å². The molecule has 0 unspecified atom stereocenters. The summed E-state index contributed by atoms with van der Waals surface area (Å²) in [5.74, 6) is 0.195. The number of amides is 1. The zero-order chi connectivity index (χ0) is 18.0. The van der Waals surface area contributed by atoms with Crippen LogP contribution in [-0.2, 0) is 0 Å². The summed E-state index contributed by atoms with van der Waals surface area (Å²) < 4.78 is 0.995. The van der Waals surface area contributed by atoms with Crippen LogP contribution in [0.5, 0.6) is 0 Å². The number of hydrogen-bond donors (Lipinski definition) is 1. The van der Waals surface area contributed by atoms with Crippen molar-refractivity contribution >= 4 is 33.6 Å². The van der Waals surface area contributed by atoms with E-state index in [1.165, 1.54) is 11.8 Å². The van der Waals surface area contributed by atoms with Crippen molar-refractivity contribution in [2.24, 2.45) is 0 Å². The largest absolute Gasteiger partial charge is 0.345 e. The molecule has 1 fully saturated rings. The van der Waals surface area contributed by atoms with Crippen LogP contribution >= 0.6 is 27.7 Å². The molecule has 128 valence electrons. The van der Waals surface area contributed by atoms with Crippen LogP contribution in [0.2, 0.25) is 0 Å². The van der Waals surface area contributed by atoms with Crippen LogP contribution in [0.15, 0.2) is 39.8 Å². The third-order valence-corrected chi connectivity index (χ3v) is 5.48. The fourth-order valence-corrected chi connectivity index (χ4v) is 3.49. The van der Waals surface area contributed by atoms with Crippen LogP contribution in [0.3, 0.4) is 0 Å². The van der Waals surface area contributed by atoms with Gasteiger partial charge in [0.2, 0.25) is 0 Å². The zero-order valence-electron chi connectivity index (χ0n) is 14.0. The Kier molecular flexibility index (Phi) is 5.45. The van der Waals surface area contributed by atoms with Gasteiger partial charge in [0, 0.05) is 16.1 Å². The Labute approximate surface area is 160 Å². The monoisotopic (exact) mass is 415 g/mol. The predicted molar refractivity (Wildman–Crippen MR) is 103 cm³/mol. The quantitative estimate of drug-likeness (QED) is 0.711. The van der Waals surface area contributed by atoms with E-state index in [0.717, 1.165) is 28.6 Å². The SMILES string of the molecule is CSc1nc(C2CC2)cc(C(=O)N[C@H](C)c2ccc(Br)cc2)c1C#N. The predicted octanol–water partition coefficient (Wildman–Crippen LogP) is 4.81. The summed E-state index contributed by atoms with van der Waals surface area (Å²) in [6, 6.07) is 11.6. The zero-order valence-corrected chi connectivity index (χ0v) is 16.4. The van der Waals surface area contributed by atoms with Gasteiger partial charge in [-0.3, -0.25) is 4.79 Å². The molecule has 1 N–H and O–H groups in total. The Morgan fingerprint density at radius 2 is 2.08 bits per heavy atom. The van der Waals surface area contributed by atoms with E-state index >= 15 is 0 Å². The summed E-state index contributed by atoms with van der Waals surface area (Å²) >= 11 is 4.82. The van der Waals surface area contributed by atoms with E-state index in [0.29, 0.717) is 22.1 Å². The lowest BCUT2D eigenvalue weighted by atomic mass is 10.1. The Hall–Kier alpha value is -1.84. The van der Waals surface area contributed by atoms with Gasteiger partial charge in [0.05, 0.1) is 17.2 Å². The molecule has 0 saturated heterocycles. The number of hydrogen-bond acceptors (Lipinski definition) is 4. The summed E-state index contributed by atoms with van der Waals surface area (Å²) in [5.41, 5.74) is 2.71. The van der Waals surface area contributed by atoms with Gasteiger partial charge in [-0.15, -0.1) is 11.8 Å². The second kappa shape index (κ2) is 7.59. The lowest BCUT2D eigenvalue weighted by molar-refractivity contribution is 0.0939. The van der Waals surface area contributed by atoms with Crippen LogP contribution in [-0.4, -0.2) is 17.1 Å². The van der Waals surface area contributed by atoms with E-state index < -0.39 is 0 Å². The van der Waals surface area contributed by atoms with Crippen molar-refractivity contribution in [3.63, 3.8) is 0 Å². The number of thioether (sulfide) groups is 1. The standard InChI is InChI=1S/C19H18BrN3OS/c1-11(12-5-7-14(20)8-6-12)22-18(24)15-9-17(13-3-4-13)23-19(25-2)16(15)10-21/h5-9,11,13H,3-4H2,1-2H3,(H,22,24)/t11-/m1/s1. The Bertz CT molecular complexity index is 841. The summed E-state index contributed by atoms with van der Waals surface area (Å²) in [6.07, 6.45) is 4.08. The molecule has 1 saturated carbocycles. The smallest absolute Gasteiger partial charge is 0.253 e. The number of carbonyl (C=O) groups is 1. The minimum atomic E-state index is -0.230. The third kappa shape index (κ3) is 4.05. The fourth-order valence-electron chi connectivity index (χ4n) is 2.67. The number of nitriles is 1. The summed E-state index contributed by atoms with van der Waals surface area (Å²) in [6.45, 7) is 1.94. The first-order valence-corrected chi connectivity index (χ1v) is 10.1. The summed E-state index contributed by atoms with van der Waals surface area (Å²) in [5, 5.41) is 13.2. The number of nitrogens with zero attached hydrogens (tertiary/aromatic N) is 2. The highest BCUT2D eigenvalue weighted by Gasteiger charge is 2.28. The average molecular weight is 416 g/mol. The molecule has 3 rings (SSSR count). The minimum absolute atomic E-state index is 0.151. The summed E-state index contributed by atoms with van der Waals surface area (Å²) in [7, 11) is 0. The van der Waals surface area contributed by atoms with E-state index in [4.69, 9.17) is 0 Å². The fraction of sp³-hybridized carbons (Fsp3) is 0.316. The normalized spacial score (nSPS) is 14.6. The van der Waals surface area contributed by atoms with Gasteiger partial charge < -0.3 is 5.32 Å². The van der Waals surface area contributed by atoms with Crippen LogP contribution < -0.4 is 5.32 Å². The molecule has 1 aromatic carbocycles. The van der Waals surface area contributed by atoms with Crippen molar-refractivity contribution < 1.29 is 4.79 Å². The first-order valence-electron chi connectivity index (χ1n) is 8.08. The maximum absolute atomic E-state index is 12.8. The molecule has 0 spiro atoms. The first kappa shape index (κ1) is 18.0. The molecule has 0 bridgehead atoms. The molecular formula is C19H18BrN3OS. The van der Waals surface area contributed by atoms with Crippen LogP contribution in [0.4, 0.5) is 0 Å². The van der Waals surface area contributed by atoms with Gasteiger partial charge in [0.1, 0.15) is 11.1 Å². The Morgan fingerprint density at radius 1 is 1.40 bits per heavy atom. The van der Waals surface area contributed by atoms with Crippen LogP contribution in [0, 0.1) is 11.3 Å². The lowest BCUT2D eigenvalue weighted by Crippen LogP contribution is -2.27. The van der Waals surface area contributed by atoms with Crippen molar-refractivity contribution in [1.29, 1.82) is 5.26 Å². The van der Waals surface area contributed by atoms with Gasteiger partial charge in [-0.25, -0.2) is 4.98 Å². The average Bonchev–Trinajstić information content (AvgIpc) is 3.46. The number of carbonyl (C=O) groups excluding carboxylic acids is 1. The van der Waals surface area contributed by atoms with Crippen molar-refractivity contribution in [2.45, 2.75) is 36.8 Å². The van der Waals surface area contributed by atoms with Crippen molar-refractivity contribution in [3.8, 4) is 6.07 Å². The highest BCUT2D eigenvalue weighted by atomic mass is 79.9. The molecule has 1 aromatic heterocycles. The molecule has 1 atom stereocenters. The van der Waals surface area contributed by atoms with E-state index in [9.17, 15) is 10.1 Å². The third-order valence-electron chi connectivity index (χ3n) is 4.27.